The first-order chi connectivity index (χ1) is 18.1. The summed E-state index contributed by atoms with van der Waals surface area (Å²) in [5.74, 6) is -1.50. The third-order valence-corrected chi connectivity index (χ3v) is 7.19. The standard InChI is InChI=1S/C25H30N4O8S/c1-6-28(7-2)16-8-9-19-17(10-16)26-23-20(38-19)11-29(25(33)27-23)24-22(36-15(5)32)21(35-14(4)31)18(37-24)12-34-13(3)30/h8-11,18,21-22,24H,6-7,12H2,1-5H3,(H,26,27,33). The molecule has 2 aromatic rings. The summed E-state index contributed by atoms with van der Waals surface area (Å²) in [5.41, 5.74) is 1.22. The molecule has 3 heterocycles. The van der Waals surface area contributed by atoms with Gasteiger partial charge in [-0.25, -0.2) is 4.79 Å². The molecule has 1 aromatic carbocycles. The third kappa shape index (κ3) is 5.78. The minimum absolute atomic E-state index is 0.271. The van der Waals surface area contributed by atoms with Gasteiger partial charge in [-0.05, 0) is 32.0 Å². The number of hydrogen-bond donors (Lipinski definition) is 1. The number of aromatic nitrogens is 2. The largest absolute Gasteiger partial charge is 0.463 e. The van der Waals surface area contributed by atoms with E-state index in [1.807, 2.05) is 18.2 Å². The number of hydrogen-bond acceptors (Lipinski definition) is 12. The van der Waals surface area contributed by atoms with Crippen LogP contribution in [-0.4, -0.2) is 65.5 Å². The van der Waals surface area contributed by atoms with Gasteiger partial charge in [-0.2, -0.15) is 4.98 Å². The van der Waals surface area contributed by atoms with Crippen molar-refractivity contribution in [2.45, 2.75) is 68.9 Å². The first kappa shape index (κ1) is 27.5. The highest BCUT2D eigenvalue weighted by Crippen LogP contribution is 2.44. The first-order valence-electron chi connectivity index (χ1n) is 12.2. The highest BCUT2D eigenvalue weighted by Gasteiger charge is 2.51. The van der Waals surface area contributed by atoms with Crippen LogP contribution < -0.4 is 15.9 Å². The summed E-state index contributed by atoms with van der Waals surface area (Å²) < 4.78 is 23.1. The summed E-state index contributed by atoms with van der Waals surface area (Å²) in [5, 5.41) is 3.24. The van der Waals surface area contributed by atoms with Gasteiger partial charge in [0.2, 0.25) is 0 Å². The molecule has 0 spiro atoms. The summed E-state index contributed by atoms with van der Waals surface area (Å²) in [7, 11) is 0. The van der Waals surface area contributed by atoms with Crippen molar-refractivity contribution in [3.05, 3.63) is 34.9 Å². The van der Waals surface area contributed by atoms with E-state index in [0.29, 0.717) is 10.7 Å². The lowest BCUT2D eigenvalue weighted by atomic mass is 10.1. The third-order valence-electron chi connectivity index (χ3n) is 6.10. The molecule has 12 nitrogen and oxygen atoms in total. The van der Waals surface area contributed by atoms with Gasteiger partial charge in [-0.1, -0.05) is 11.8 Å². The lowest BCUT2D eigenvalue weighted by molar-refractivity contribution is -0.166. The molecule has 0 saturated carbocycles. The van der Waals surface area contributed by atoms with Gasteiger partial charge in [0.05, 0.1) is 10.6 Å². The molecule has 4 atom stereocenters. The normalized spacial score (nSPS) is 21.5. The predicted octanol–water partition coefficient (Wildman–Crippen LogP) is 2.62. The summed E-state index contributed by atoms with van der Waals surface area (Å²) >= 11 is 1.42. The molecule has 38 heavy (non-hydrogen) atoms. The number of carbonyl (C=O) groups excluding carboxylic acids is 3. The number of anilines is 3. The van der Waals surface area contributed by atoms with Crippen molar-refractivity contribution in [2.24, 2.45) is 0 Å². The molecule has 0 radical (unpaired) electrons. The zero-order chi connectivity index (χ0) is 27.6. The van der Waals surface area contributed by atoms with E-state index in [2.05, 4.69) is 29.0 Å². The molecule has 13 heteroatoms. The van der Waals surface area contributed by atoms with E-state index in [4.69, 9.17) is 18.9 Å². The maximum Gasteiger partial charge on any atom is 0.351 e. The number of benzene rings is 1. The highest BCUT2D eigenvalue weighted by atomic mass is 32.2. The molecule has 4 rings (SSSR count). The van der Waals surface area contributed by atoms with Crippen molar-refractivity contribution in [1.29, 1.82) is 0 Å². The lowest BCUT2D eigenvalue weighted by Crippen LogP contribution is -2.42. The van der Waals surface area contributed by atoms with Gasteiger partial charge in [-0.3, -0.25) is 19.0 Å². The molecule has 0 bridgehead atoms. The Labute approximate surface area is 223 Å². The fraction of sp³-hybridized carbons (Fsp3) is 0.480. The van der Waals surface area contributed by atoms with Crippen LogP contribution >= 0.6 is 11.8 Å². The Morgan fingerprint density at radius 1 is 1.05 bits per heavy atom. The van der Waals surface area contributed by atoms with Crippen LogP contribution in [0.1, 0.15) is 40.8 Å². The van der Waals surface area contributed by atoms with Crippen LogP contribution in [0.25, 0.3) is 0 Å². The molecule has 2 aliphatic rings. The molecule has 204 valence electrons. The second-order valence-electron chi connectivity index (χ2n) is 8.74. The Kier molecular flexibility index (Phi) is 8.26. The van der Waals surface area contributed by atoms with Gasteiger partial charge >= 0.3 is 23.6 Å². The Morgan fingerprint density at radius 2 is 1.74 bits per heavy atom. The lowest BCUT2D eigenvalue weighted by Gasteiger charge is -2.27. The predicted molar refractivity (Wildman–Crippen MR) is 138 cm³/mol. The number of fused-ring (bicyclic) bond motifs is 2. The van der Waals surface area contributed by atoms with Gasteiger partial charge in [-0.15, -0.1) is 0 Å². The van der Waals surface area contributed by atoms with E-state index in [1.54, 1.807) is 6.20 Å². The van der Waals surface area contributed by atoms with Crippen molar-refractivity contribution in [2.75, 3.05) is 29.9 Å². The van der Waals surface area contributed by atoms with E-state index in [9.17, 15) is 19.2 Å². The number of esters is 3. The van der Waals surface area contributed by atoms with Crippen LogP contribution in [0, 0.1) is 0 Å². The summed E-state index contributed by atoms with van der Waals surface area (Å²) in [6, 6.07) is 6.05. The maximum absolute atomic E-state index is 13.2. The molecule has 4 unspecified atom stereocenters. The molecule has 1 aromatic heterocycles. The number of ether oxygens (including phenoxy) is 4. The topological polar surface area (TPSA) is 138 Å². The van der Waals surface area contributed by atoms with Crippen LogP contribution in [0.5, 0.6) is 0 Å². The molecule has 2 aliphatic heterocycles. The van der Waals surface area contributed by atoms with E-state index in [-0.39, 0.29) is 6.61 Å². The van der Waals surface area contributed by atoms with Gasteiger partial charge < -0.3 is 29.2 Å². The minimum atomic E-state index is -1.18. The van der Waals surface area contributed by atoms with Crippen molar-refractivity contribution < 1.29 is 33.3 Å². The molecule has 0 aliphatic carbocycles. The number of rotatable bonds is 8. The van der Waals surface area contributed by atoms with Crippen LogP contribution in [0.4, 0.5) is 17.2 Å². The summed E-state index contributed by atoms with van der Waals surface area (Å²) in [4.78, 5) is 56.3. The van der Waals surface area contributed by atoms with Gasteiger partial charge in [0.25, 0.3) is 0 Å². The average Bonchev–Trinajstić information content (AvgIpc) is 3.17. The number of carbonyl (C=O) groups is 3. The van der Waals surface area contributed by atoms with E-state index in [1.165, 1.54) is 37.1 Å². The van der Waals surface area contributed by atoms with E-state index < -0.39 is 48.1 Å². The zero-order valence-electron chi connectivity index (χ0n) is 21.8. The maximum atomic E-state index is 13.2. The monoisotopic (exact) mass is 546 g/mol. The highest BCUT2D eigenvalue weighted by molar-refractivity contribution is 7.99. The van der Waals surface area contributed by atoms with Crippen molar-refractivity contribution in [1.82, 2.24) is 9.55 Å². The van der Waals surface area contributed by atoms with Crippen molar-refractivity contribution in [3.8, 4) is 0 Å². The smallest absolute Gasteiger partial charge is 0.351 e. The van der Waals surface area contributed by atoms with Crippen molar-refractivity contribution >= 4 is 46.9 Å². The molecule has 0 amide bonds. The van der Waals surface area contributed by atoms with Gasteiger partial charge in [0.1, 0.15) is 12.7 Å². The van der Waals surface area contributed by atoms with Crippen LogP contribution in [0.2, 0.25) is 0 Å². The van der Waals surface area contributed by atoms with Gasteiger partial charge in [0.15, 0.2) is 24.3 Å². The first-order valence-corrected chi connectivity index (χ1v) is 13.0. The second-order valence-corrected chi connectivity index (χ2v) is 9.82. The fourth-order valence-electron chi connectivity index (χ4n) is 4.45. The quantitative estimate of drug-likeness (QED) is 0.328. The molecule has 1 saturated heterocycles. The average molecular weight is 547 g/mol. The Morgan fingerprint density at radius 3 is 2.37 bits per heavy atom. The summed E-state index contributed by atoms with van der Waals surface area (Å²) in [6.07, 6.45) is -2.90. The fourth-order valence-corrected chi connectivity index (χ4v) is 5.40. The number of nitrogens with one attached hydrogen (secondary N) is 1. The minimum Gasteiger partial charge on any atom is -0.463 e. The second kappa shape index (κ2) is 11.4. The Bertz CT molecular complexity index is 1290. The number of nitrogens with zero attached hydrogens (tertiary/aromatic N) is 3. The van der Waals surface area contributed by atoms with Crippen LogP contribution in [0.3, 0.4) is 0 Å². The molecular formula is C25H30N4O8S. The van der Waals surface area contributed by atoms with Crippen LogP contribution in [-0.2, 0) is 33.3 Å². The van der Waals surface area contributed by atoms with Crippen molar-refractivity contribution in [3.63, 3.8) is 0 Å². The SMILES string of the molecule is CCN(CC)c1ccc2c(c1)Nc1nc(=O)n(C3OC(COC(C)=O)C(OC(C)=O)C3OC(C)=O)cc1S2. The summed E-state index contributed by atoms with van der Waals surface area (Å²) in [6.45, 7) is 9.23. The Hall–Kier alpha value is -3.58. The van der Waals surface area contributed by atoms with Gasteiger partial charge in [0, 0.05) is 50.6 Å². The molecule has 1 fully saturated rings. The zero-order valence-corrected chi connectivity index (χ0v) is 22.6. The van der Waals surface area contributed by atoms with E-state index >= 15 is 0 Å². The molecule has 1 N–H and O–H groups in total. The van der Waals surface area contributed by atoms with E-state index in [0.717, 1.165) is 29.4 Å². The van der Waals surface area contributed by atoms with Crippen LogP contribution in [0.15, 0.2) is 39.0 Å². The molecular weight excluding hydrogens is 516 g/mol. The Balaban J connectivity index is 1.68.